The summed E-state index contributed by atoms with van der Waals surface area (Å²) < 4.78 is 0. The van der Waals surface area contributed by atoms with Gasteiger partial charge in [0.25, 0.3) is 0 Å². The van der Waals surface area contributed by atoms with Crippen LogP contribution in [0.4, 0.5) is 0 Å². The first-order valence-corrected chi connectivity index (χ1v) is 9.01. The quantitative estimate of drug-likeness (QED) is 0.746. The summed E-state index contributed by atoms with van der Waals surface area (Å²) >= 11 is 0. The van der Waals surface area contributed by atoms with Gasteiger partial charge >= 0.3 is 0 Å². The molecule has 0 aliphatic heterocycles. The number of carbonyl (C=O) groups excluding carboxylic acids is 1. The Balaban J connectivity index is 1.73. The minimum absolute atomic E-state index is 0.0652. The summed E-state index contributed by atoms with van der Waals surface area (Å²) in [5.41, 5.74) is 2.00. The van der Waals surface area contributed by atoms with Gasteiger partial charge in [-0.3, -0.25) is 14.8 Å². The van der Waals surface area contributed by atoms with Crippen molar-refractivity contribution >= 4 is 12.1 Å². The first-order valence-electron chi connectivity index (χ1n) is 9.01. The third-order valence-corrected chi connectivity index (χ3v) is 4.55. The zero-order chi connectivity index (χ0) is 17.2. The van der Waals surface area contributed by atoms with Crippen LogP contribution in [0.25, 0.3) is 0 Å². The molecule has 0 radical (unpaired) electrons. The van der Waals surface area contributed by atoms with Gasteiger partial charge in [0, 0.05) is 39.6 Å². The standard InChI is InChI=1S/C19H30N4O/c1-23(2)19(24)15-21-14-18-12-17(9-11-22-18)13-20-10-8-16-6-4-3-5-7-16/h9,11-13,16,21H,3-8,10,14-15H2,1-2H3/b20-13+. The summed E-state index contributed by atoms with van der Waals surface area (Å²) in [4.78, 5) is 22.0. The lowest BCUT2D eigenvalue weighted by Gasteiger charge is -2.20. The van der Waals surface area contributed by atoms with Crippen molar-refractivity contribution in [2.45, 2.75) is 45.1 Å². The zero-order valence-corrected chi connectivity index (χ0v) is 15.0. The minimum Gasteiger partial charge on any atom is -0.348 e. The molecule has 24 heavy (non-hydrogen) atoms. The Hall–Kier alpha value is -1.75. The largest absolute Gasteiger partial charge is 0.348 e. The molecule has 1 aromatic rings. The highest BCUT2D eigenvalue weighted by Gasteiger charge is 2.12. The molecule has 0 atom stereocenters. The molecule has 1 fully saturated rings. The van der Waals surface area contributed by atoms with Gasteiger partial charge in [-0.15, -0.1) is 0 Å². The van der Waals surface area contributed by atoms with E-state index in [9.17, 15) is 4.79 Å². The van der Waals surface area contributed by atoms with Crippen LogP contribution in [0.5, 0.6) is 0 Å². The van der Waals surface area contributed by atoms with E-state index in [0.717, 1.165) is 23.7 Å². The minimum atomic E-state index is 0.0652. The van der Waals surface area contributed by atoms with Crippen LogP contribution in [-0.2, 0) is 11.3 Å². The molecular weight excluding hydrogens is 300 g/mol. The summed E-state index contributed by atoms with van der Waals surface area (Å²) in [6.07, 6.45) is 11.9. The molecule has 5 nitrogen and oxygen atoms in total. The summed E-state index contributed by atoms with van der Waals surface area (Å²) in [6.45, 7) is 1.83. The van der Waals surface area contributed by atoms with Gasteiger partial charge in [0.2, 0.25) is 5.91 Å². The third kappa shape index (κ3) is 6.79. The second-order valence-electron chi connectivity index (χ2n) is 6.80. The number of hydrogen-bond acceptors (Lipinski definition) is 4. The molecule has 2 rings (SSSR count). The van der Waals surface area contributed by atoms with E-state index in [2.05, 4.69) is 15.3 Å². The Labute approximate surface area is 145 Å². The van der Waals surface area contributed by atoms with Gasteiger partial charge in [-0.05, 0) is 30.0 Å². The van der Waals surface area contributed by atoms with E-state index in [1.165, 1.54) is 38.5 Å². The highest BCUT2D eigenvalue weighted by molar-refractivity contribution is 5.79. The SMILES string of the molecule is CN(C)C(=O)CNCc1cc(/C=N/CCC2CCCCC2)ccn1. The molecule has 0 saturated heterocycles. The van der Waals surface area contributed by atoms with Crippen LogP contribution in [0.15, 0.2) is 23.3 Å². The first kappa shape index (κ1) is 18.6. The fraction of sp³-hybridized carbons (Fsp3) is 0.632. The zero-order valence-electron chi connectivity index (χ0n) is 15.0. The molecule has 132 valence electrons. The summed E-state index contributed by atoms with van der Waals surface area (Å²) in [7, 11) is 3.51. The predicted molar refractivity (Wildman–Crippen MR) is 98.3 cm³/mol. The Kier molecular flexibility index (Phi) is 7.89. The molecule has 1 aromatic heterocycles. The van der Waals surface area contributed by atoms with Crippen LogP contribution in [0.1, 0.15) is 49.8 Å². The van der Waals surface area contributed by atoms with Gasteiger partial charge in [0.1, 0.15) is 0 Å². The topological polar surface area (TPSA) is 57.6 Å². The van der Waals surface area contributed by atoms with E-state index in [0.29, 0.717) is 13.1 Å². The maximum atomic E-state index is 11.5. The van der Waals surface area contributed by atoms with E-state index in [1.54, 1.807) is 25.2 Å². The molecule has 0 spiro atoms. The van der Waals surface area contributed by atoms with E-state index >= 15 is 0 Å². The van der Waals surface area contributed by atoms with Gasteiger partial charge in [-0.25, -0.2) is 0 Å². The first-order chi connectivity index (χ1) is 11.6. The maximum absolute atomic E-state index is 11.5. The van der Waals surface area contributed by atoms with E-state index < -0.39 is 0 Å². The van der Waals surface area contributed by atoms with E-state index in [-0.39, 0.29) is 5.91 Å². The van der Waals surface area contributed by atoms with Gasteiger partial charge in [-0.2, -0.15) is 0 Å². The van der Waals surface area contributed by atoms with Crippen LogP contribution in [0.3, 0.4) is 0 Å². The summed E-state index contributed by atoms with van der Waals surface area (Å²) in [6, 6.07) is 4.00. The predicted octanol–water partition coefficient (Wildman–Crippen LogP) is 2.65. The summed E-state index contributed by atoms with van der Waals surface area (Å²) in [5, 5.41) is 3.12. The van der Waals surface area contributed by atoms with Gasteiger partial charge < -0.3 is 10.2 Å². The Morgan fingerprint density at radius 3 is 2.92 bits per heavy atom. The number of hydrogen-bond donors (Lipinski definition) is 1. The fourth-order valence-corrected chi connectivity index (χ4v) is 3.03. The monoisotopic (exact) mass is 330 g/mol. The maximum Gasteiger partial charge on any atom is 0.236 e. The van der Waals surface area contributed by atoms with Crippen LogP contribution < -0.4 is 5.32 Å². The Morgan fingerprint density at radius 2 is 2.17 bits per heavy atom. The van der Waals surface area contributed by atoms with Crippen LogP contribution in [0.2, 0.25) is 0 Å². The molecule has 1 aliphatic rings. The van der Waals surface area contributed by atoms with E-state index in [1.807, 2.05) is 18.3 Å². The number of amides is 1. The highest BCUT2D eigenvalue weighted by Crippen LogP contribution is 2.25. The van der Waals surface area contributed by atoms with Crippen molar-refractivity contribution in [2.75, 3.05) is 27.2 Å². The van der Waals surface area contributed by atoms with Crippen molar-refractivity contribution in [3.05, 3.63) is 29.6 Å². The smallest absolute Gasteiger partial charge is 0.236 e. The number of likely N-dealkylation sites (N-methyl/N-ethyl adjacent to an activating group) is 1. The van der Waals surface area contributed by atoms with Crippen molar-refractivity contribution in [3.63, 3.8) is 0 Å². The molecular formula is C19H30N4O. The average Bonchev–Trinajstić information content (AvgIpc) is 2.60. The van der Waals surface area contributed by atoms with Gasteiger partial charge in [0.15, 0.2) is 0 Å². The number of aromatic nitrogens is 1. The van der Waals surface area contributed by atoms with Crippen molar-refractivity contribution in [3.8, 4) is 0 Å². The second kappa shape index (κ2) is 10.2. The Bertz CT molecular complexity index is 536. The highest BCUT2D eigenvalue weighted by atomic mass is 16.2. The molecule has 0 unspecified atom stereocenters. The molecule has 1 heterocycles. The molecule has 1 N–H and O–H groups in total. The van der Waals surface area contributed by atoms with Crippen molar-refractivity contribution in [1.29, 1.82) is 0 Å². The molecule has 1 saturated carbocycles. The van der Waals surface area contributed by atoms with E-state index in [4.69, 9.17) is 0 Å². The lowest BCUT2D eigenvalue weighted by molar-refractivity contribution is -0.127. The number of nitrogens with zero attached hydrogens (tertiary/aromatic N) is 3. The number of carbonyl (C=O) groups is 1. The fourth-order valence-electron chi connectivity index (χ4n) is 3.03. The lowest BCUT2D eigenvalue weighted by atomic mass is 9.87. The summed E-state index contributed by atoms with van der Waals surface area (Å²) in [5.74, 6) is 0.942. The van der Waals surface area contributed by atoms with Gasteiger partial charge in [-0.1, -0.05) is 32.1 Å². The van der Waals surface area contributed by atoms with Crippen LogP contribution in [-0.4, -0.2) is 49.2 Å². The Morgan fingerprint density at radius 1 is 1.38 bits per heavy atom. The molecule has 0 aromatic carbocycles. The lowest BCUT2D eigenvalue weighted by Crippen LogP contribution is -2.32. The van der Waals surface area contributed by atoms with Crippen LogP contribution in [0, 0.1) is 5.92 Å². The molecule has 5 heteroatoms. The normalized spacial score (nSPS) is 15.8. The molecule has 1 amide bonds. The van der Waals surface area contributed by atoms with Crippen LogP contribution >= 0.6 is 0 Å². The van der Waals surface area contributed by atoms with Crippen molar-refractivity contribution in [2.24, 2.45) is 10.9 Å². The number of aliphatic imine (C=N–C) groups is 1. The third-order valence-electron chi connectivity index (χ3n) is 4.55. The number of pyridine rings is 1. The van der Waals surface area contributed by atoms with Crippen molar-refractivity contribution in [1.82, 2.24) is 15.2 Å². The number of rotatable bonds is 8. The molecule has 1 aliphatic carbocycles. The molecule has 0 bridgehead atoms. The number of nitrogens with one attached hydrogen (secondary N) is 1. The second-order valence-corrected chi connectivity index (χ2v) is 6.80. The van der Waals surface area contributed by atoms with Gasteiger partial charge in [0.05, 0.1) is 12.2 Å². The van der Waals surface area contributed by atoms with Crippen molar-refractivity contribution < 1.29 is 4.79 Å². The average molecular weight is 330 g/mol.